The molecule has 0 aromatic carbocycles. The first kappa shape index (κ1) is 15.0. The number of imidazole rings is 1. The van der Waals surface area contributed by atoms with Crippen LogP contribution >= 0.6 is 11.3 Å². The Labute approximate surface area is 131 Å². The molecule has 3 nitrogen and oxygen atoms in total. The monoisotopic (exact) mass is 305 g/mol. The third-order valence-corrected chi connectivity index (χ3v) is 5.74. The van der Waals surface area contributed by atoms with Crippen molar-refractivity contribution in [1.82, 2.24) is 14.7 Å². The van der Waals surface area contributed by atoms with Gasteiger partial charge in [0.2, 0.25) is 0 Å². The van der Waals surface area contributed by atoms with Gasteiger partial charge in [0.25, 0.3) is 0 Å². The van der Waals surface area contributed by atoms with Crippen LogP contribution in [0.5, 0.6) is 0 Å². The number of aryl methyl sites for hydroxylation is 2. The van der Waals surface area contributed by atoms with Crippen LogP contribution in [-0.2, 0) is 6.54 Å². The molecule has 0 radical (unpaired) electrons. The molecule has 0 spiro atoms. The summed E-state index contributed by atoms with van der Waals surface area (Å²) >= 11 is 1.78. The minimum Gasteiger partial charge on any atom is -0.308 e. The lowest BCUT2D eigenvalue weighted by molar-refractivity contribution is 0.277. The fraction of sp³-hybridized carbons (Fsp3) is 0.706. The maximum absolute atomic E-state index is 4.68. The molecule has 0 atom stereocenters. The van der Waals surface area contributed by atoms with Crippen LogP contribution in [0.15, 0.2) is 6.20 Å². The van der Waals surface area contributed by atoms with Crippen LogP contribution < -0.4 is 5.32 Å². The Bertz CT molecular complexity index is 590. The molecule has 0 unspecified atom stereocenters. The Hall–Kier alpha value is -0.870. The van der Waals surface area contributed by atoms with E-state index in [0.29, 0.717) is 6.04 Å². The molecule has 0 aliphatic heterocycles. The van der Waals surface area contributed by atoms with E-state index in [0.717, 1.165) is 17.4 Å². The van der Waals surface area contributed by atoms with E-state index in [2.05, 4.69) is 41.7 Å². The van der Waals surface area contributed by atoms with Crippen molar-refractivity contribution in [3.05, 3.63) is 22.5 Å². The minimum absolute atomic E-state index is 0.697. The van der Waals surface area contributed by atoms with E-state index in [1.165, 1.54) is 54.8 Å². The van der Waals surface area contributed by atoms with Crippen molar-refractivity contribution in [2.24, 2.45) is 5.92 Å². The van der Waals surface area contributed by atoms with Gasteiger partial charge in [-0.3, -0.25) is 4.40 Å². The van der Waals surface area contributed by atoms with Gasteiger partial charge in [0.05, 0.1) is 11.4 Å². The molecule has 116 valence electrons. The summed E-state index contributed by atoms with van der Waals surface area (Å²) in [6.45, 7) is 7.54. The zero-order valence-electron chi connectivity index (χ0n) is 13.5. The topological polar surface area (TPSA) is 29.3 Å². The van der Waals surface area contributed by atoms with Crippen LogP contribution in [0.1, 0.15) is 61.7 Å². The van der Waals surface area contributed by atoms with E-state index >= 15 is 0 Å². The fourth-order valence-corrected chi connectivity index (χ4v) is 4.52. The number of thiazole rings is 1. The van der Waals surface area contributed by atoms with E-state index in [4.69, 9.17) is 0 Å². The number of nitrogens with one attached hydrogen (secondary N) is 1. The predicted molar refractivity (Wildman–Crippen MR) is 90.0 cm³/mol. The maximum Gasteiger partial charge on any atom is 0.194 e. The molecule has 0 bridgehead atoms. The van der Waals surface area contributed by atoms with Gasteiger partial charge < -0.3 is 5.32 Å². The molecular weight excluding hydrogens is 278 g/mol. The van der Waals surface area contributed by atoms with Crippen molar-refractivity contribution in [3.8, 4) is 0 Å². The Kier molecular flexibility index (Phi) is 4.65. The van der Waals surface area contributed by atoms with E-state index < -0.39 is 0 Å². The van der Waals surface area contributed by atoms with Gasteiger partial charge in [-0.15, -0.1) is 11.3 Å². The highest BCUT2D eigenvalue weighted by Gasteiger charge is 2.21. The molecule has 1 aliphatic carbocycles. The average Bonchev–Trinajstić information content (AvgIpc) is 2.94. The van der Waals surface area contributed by atoms with Crippen LogP contribution in [0.25, 0.3) is 4.96 Å². The first-order valence-corrected chi connectivity index (χ1v) is 9.16. The lowest BCUT2D eigenvalue weighted by Gasteiger charge is -2.29. The van der Waals surface area contributed by atoms with E-state index in [9.17, 15) is 0 Å². The molecule has 2 aromatic rings. The Morgan fingerprint density at radius 1 is 1.29 bits per heavy atom. The summed E-state index contributed by atoms with van der Waals surface area (Å²) in [5.41, 5.74) is 2.51. The lowest BCUT2D eigenvalue weighted by Crippen LogP contribution is -2.33. The standard InChI is InChI=1S/C17H27N3S/c1-4-5-14-6-8-15(9-7-14)18-10-16-13(3)19-17-20(16)11-12(2)21-17/h11,14-15,18H,4-10H2,1-3H3. The first-order valence-electron chi connectivity index (χ1n) is 8.34. The van der Waals surface area contributed by atoms with Crippen molar-refractivity contribution in [3.63, 3.8) is 0 Å². The van der Waals surface area contributed by atoms with Crippen LogP contribution in [0.3, 0.4) is 0 Å². The molecule has 21 heavy (non-hydrogen) atoms. The van der Waals surface area contributed by atoms with Crippen molar-refractivity contribution in [2.45, 2.75) is 71.9 Å². The van der Waals surface area contributed by atoms with Crippen molar-refractivity contribution >= 4 is 16.3 Å². The van der Waals surface area contributed by atoms with Crippen LogP contribution in [0.2, 0.25) is 0 Å². The van der Waals surface area contributed by atoms with Gasteiger partial charge in [0.1, 0.15) is 0 Å². The largest absolute Gasteiger partial charge is 0.308 e. The maximum atomic E-state index is 4.68. The number of hydrogen-bond acceptors (Lipinski definition) is 3. The molecule has 2 aromatic heterocycles. The van der Waals surface area contributed by atoms with Gasteiger partial charge in [-0.25, -0.2) is 4.98 Å². The van der Waals surface area contributed by atoms with Crippen LogP contribution in [0, 0.1) is 19.8 Å². The third kappa shape index (κ3) is 3.32. The second kappa shape index (κ2) is 6.49. The van der Waals surface area contributed by atoms with Crippen molar-refractivity contribution < 1.29 is 0 Å². The Morgan fingerprint density at radius 2 is 2.05 bits per heavy atom. The molecule has 1 fully saturated rings. The van der Waals surface area contributed by atoms with Crippen molar-refractivity contribution in [2.75, 3.05) is 0 Å². The summed E-state index contributed by atoms with van der Waals surface area (Å²) in [4.78, 5) is 7.14. The zero-order chi connectivity index (χ0) is 14.8. The van der Waals surface area contributed by atoms with E-state index in [1.807, 2.05) is 0 Å². The van der Waals surface area contributed by atoms with Gasteiger partial charge in [-0.05, 0) is 45.4 Å². The highest BCUT2D eigenvalue weighted by molar-refractivity contribution is 7.17. The summed E-state index contributed by atoms with van der Waals surface area (Å²) in [6.07, 6.45) is 10.5. The Balaban J connectivity index is 1.58. The van der Waals surface area contributed by atoms with Gasteiger partial charge in [0.15, 0.2) is 4.96 Å². The highest BCUT2D eigenvalue weighted by Crippen LogP contribution is 2.28. The SMILES string of the molecule is CCCC1CCC(NCc2c(C)nc3sc(C)cn23)CC1. The fourth-order valence-electron chi connectivity index (χ4n) is 3.63. The molecule has 1 N–H and O–H groups in total. The molecule has 2 heterocycles. The van der Waals surface area contributed by atoms with E-state index in [-0.39, 0.29) is 0 Å². The molecule has 1 saturated carbocycles. The van der Waals surface area contributed by atoms with Crippen molar-refractivity contribution in [1.29, 1.82) is 0 Å². The average molecular weight is 305 g/mol. The number of hydrogen-bond donors (Lipinski definition) is 1. The number of aromatic nitrogens is 2. The summed E-state index contributed by atoms with van der Waals surface area (Å²) in [7, 11) is 0. The summed E-state index contributed by atoms with van der Waals surface area (Å²) in [5.74, 6) is 0.982. The summed E-state index contributed by atoms with van der Waals surface area (Å²) in [6, 6.07) is 0.697. The number of nitrogens with zero attached hydrogens (tertiary/aromatic N) is 2. The highest BCUT2D eigenvalue weighted by atomic mass is 32.1. The zero-order valence-corrected chi connectivity index (χ0v) is 14.3. The smallest absolute Gasteiger partial charge is 0.194 e. The normalized spacial score (nSPS) is 23.0. The minimum atomic E-state index is 0.697. The molecule has 0 saturated heterocycles. The van der Waals surface area contributed by atoms with Gasteiger partial charge in [-0.1, -0.05) is 19.8 Å². The van der Waals surface area contributed by atoms with Crippen LogP contribution in [0.4, 0.5) is 0 Å². The number of rotatable bonds is 5. The third-order valence-electron chi connectivity index (χ3n) is 4.84. The molecule has 4 heteroatoms. The second-order valence-corrected chi connectivity index (χ2v) is 7.74. The number of fused-ring (bicyclic) bond motifs is 1. The predicted octanol–water partition coefficient (Wildman–Crippen LogP) is 4.46. The molecular formula is C17H27N3S. The lowest BCUT2D eigenvalue weighted by atomic mass is 9.83. The van der Waals surface area contributed by atoms with Gasteiger partial charge in [0, 0.05) is 23.7 Å². The Morgan fingerprint density at radius 3 is 2.76 bits per heavy atom. The second-order valence-electron chi connectivity index (χ2n) is 6.53. The van der Waals surface area contributed by atoms with E-state index in [1.54, 1.807) is 11.3 Å². The summed E-state index contributed by atoms with van der Waals surface area (Å²) < 4.78 is 2.27. The van der Waals surface area contributed by atoms with Gasteiger partial charge >= 0.3 is 0 Å². The summed E-state index contributed by atoms with van der Waals surface area (Å²) in [5, 5.41) is 3.77. The van der Waals surface area contributed by atoms with Gasteiger partial charge in [-0.2, -0.15) is 0 Å². The quantitative estimate of drug-likeness (QED) is 0.883. The first-order chi connectivity index (χ1) is 10.2. The van der Waals surface area contributed by atoms with Crippen LogP contribution in [-0.4, -0.2) is 15.4 Å². The molecule has 3 rings (SSSR count). The molecule has 0 amide bonds. The molecule has 1 aliphatic rings.